The molecule has 2 aromatic rings. The van der Waals surface area contributed by atoms with Crippen LogP contribution in [0.5, 0.6) is 11.5 Å². The summed E-state index contributed by atoms with van der Waals surface area (Å²) in [6.07, 6.45) is 3.58. The third kappa shape index (κ3) is 4.67. The van der Waals surface area contributed by atoms with Gasteiger partial charge < -0.3 is 24.8 Å². The minimum Gasteiger partial charge on any atom is -0.504 e. The molecule has 1 aliphatic heterocycles. The first kappa shape index (κ1) is 20.5. The number of phenols is 1. The number of ether oxygens (including phenoxy) is 2. The number of benzene rings is 2. The first-order chi connectivity index (χ1) is 14.5. The smallest absolute Gasteiger partial charge is 0.318 e. The Morgan fingerprint density at radius 1 is 1.27 bits per heavy atom. The van der Waals surface area contributed by atoms with Crippen LogP contribution in [0.2, 0.25) is 0 Å². The molecule has 2 N–H and O–H groups in total. The van der Waals surface area contributed by atoms with Crippen LogP contribution in [0, 0.1) is 5.82 Å². The number of carbonyl (C=O) groups is 1. The summed E-state index contributed by atoms with van der Waals surface area (Å²) in [4.78, 5) is 15.1. The second-order valence-electron chi connectivity index (χ2n) is 7.90. The van der Waals surface area contributed by atoms with Crippen molar-refractivity contribution in [1.29, 1.82) is 0 Å². The topological polar surface area (TPSA) is 71.0 Å². The van der Waals surface area contributed by atoms with Crippen molar-refractivity contribution in [2.24, 2.45) is 0 Å². The molecule has 2 fully saturated rings. The van der Waals surface area contributed by atoms with E-state index in [2.05, 4.69) is 5.32 Å². The summed E-state index contributed by atoms with van der Waals surface area (Å²) in [5.41, 5.74) is 1.71. The average molecular weight is 414 g/mol. The Bertz CT molecular complexity index is 879. The summed E-state index contributed by atoms with van der Waals surface area (Å²) < 4.78 is 24.4. The number of hydrogen-bond donors (Lipinski definition) is 2. The molecule has 0 spiro atoms. The van der Waals surface area contributed by atoms with Crippen LogP contribution in [-0.4, -0.2) is 41.9 Å². The highest BCUT2D eigenvalue weighted by molar-refractivity contribution is 5.75. The molecule has 30 heavy (non-hydrogen) atoms. The van der Waals surface area contributed by atoms with E-state index in [1.165, 1.54) is 19.2 Å². The van der Waals surface area contributed by atoms with Crippen molar-refractivity contribution in [3.63, 3.8) is 0 Å². The fourth-order valence-electron chi connectivity index (χ4n) is 3.91. The van der Waals surface area contributed by atoms with Crippen LogP contribution in [0.15, 0.2) is 42.5 Å². The molecule has 0 radical (unpaired) electrons. The summed E-state index contributed by atoms with van der Waals surface area (Å²) in [6.45, 7) is 1.08. The lowest BCUT2D eigenvalue weighted by atomic mass is 9.99. The van der Waals surface area contributed by atoms with Crippen molar-refractivity contribution in [3.05, 3.63) is 59.4 Å². The summed E-state index contributed by atoms with van der Waals surface area (Å²) in [6, 6.07) is 11.0. The second kappa shape index (κ2) is 8.92. The summed E-state index contributed by atoms with van der Waals surface area (Å²) in [5, 5.41) is 13.0. The monoisotopic (exact) mass is 414 g/mol. The van der Waals surface area contributed by atoms with Gasteiger partial charge in [0, 0.05) is 19.2 Å². The van der Waals surface area contributed by atoms with Gasteiger partial charge in [0.2, 0.25) is 0 Å². The van der Waals surface area contributed by atoms with Crippen molar-refractivity contribution in [2.75, 3.05) is 13.7 Å². The zero-order valence-corrected chi connectivity index (χ0v) is 17.0. The van der Waals surface area contributed by atoms with Gasteiger partial charge in [0.25, 0.3) is 0 Å². The number of halogens is 1. The number of rotatable bonds is 7. The Balaban J connectivity index is 1.52. The molecule has 0 bridgehead atoms. The van der Waals surface area contributed by atoms with Crippen LogP contribution in [0.3, 0.4) is 0 Å². The molecule has 2 aromatic carbocycles. The number of hydrogen-bond acceptors (Lipinski definition) is 4. The molecule has 160 valence electrons. The summed E-state index contributed by atoms with van der Waals surface area (Å²) in [7, 11) is 1.50. The van der Waals surface area contributed by atoms with Crippen LogP contribution in [0.1, 0.15) is 42.9 Å². The molecule has 1 heterocycles. The Kier molecular flexibility index (Phi) is 6.08. The normalized spacial score (nSPS) is 19.3. The first-order valence-corrected chi connectivity index (χ1v) is 10.3. The molecule has 2 atom stereocenters. The number of phenolic OH excluding ortho intramolecular Hbond substituents is 1. The highest BCUT2D eigenvalue weighted by Crippen LogP contribution is 2.33. The molecule has 2 unspecified atom stereocenters. The number of nitrogens with one attached hydrogen (secondary N) is 1. The molecule has 0 aromatic heterocycles. The van der Waals surface area contributed by atoms with E-state index < -0.39 is 0 Å². The number of nitrogens with zero attached hydrogens (tertiary/aromatic N) is 1. The third-order valence-corrected chi connectivity index (χ3v) is 5.69. The van der Waals surface area contributed by atoms with Gasteiger partial charge in [-0.1, -0.05) is 18.2 Å². The first-order valence-electron chi connectivity index (χ1n) is 10.3. The second-order valence-corrected chi connectivity index (χ2v) is 7.90. The summed E-state index contributed by atoms with van der Waals surface area (Å²) in [5.74, 6) is 0.141. The molecule has 1 saturated carbocycles. The van der Waals surface area contributed by atoms with Gasteiger partial charge in [-0.25, -0.2) is 9.18 Å². The van der Waals surface area contributed by atoms with Gasteiger partial charge in [-0.15, -0.1) is 0 Å². The fourth-order valence-corrected chi connectivity index (χ4v) is 3.91. The van der Waals surface area contributed by atoms with Crippen molar-refractivity contribution in [3.8, 4) is 11.5 Å². The van der Waals surface area contributed by atoms with Crippen LogP contribution < -0.4 is 10.1 Å². The maximum atomic E-state index is 13.4. The van der Waals surface area contributed by atoms with E-state index in [4.69, 9.17) is 9.47 Å². The van der Waals surface area contributed by atoms with E-state index in [-0.39, 0.29) is 35.8 Å². The predicted molar refractivity (Wildman–Crippen MR) is 110 cm³/mol. The van der Waals surface area contributed by atoms with Crippen LogP contribution in [0.4, 0.5) is 9.18 Å². The molecule has 7 heteroatoms. The van der Waals surface area contributed by atoms with Gasteiger partial charge >= 0.3 is 6.03 Å². The van der Waals surface area contributed by atoms with E-state index >= 15 is 0 Å². The third-order valence-electron chi connectivity index (χ3n) is 5.69. The van der Waals surface area contributed by atoms with Gasteiger partial charge in [0.1, 0.15) is 5.82 Å². The van der Waals surface area contributed by atoms with Crippen LogP contribution in [-0.2, 0) is 11.3 Å². The highest BCUT2D eigenvalue weighted by Gasteiger charge is 2.36. The molecule has 2 amide bonds. The van der Waals surface area contributed by atoms with Crippen LogP contribution >= 0.6 is 0 Å². The lowest BCUT2D eigenvalue weighted by Crippen LogP contribution is -2.45. The Hall–Kier alpha value is -2.80. The summed E-state index contributed by atoms with van der Waals surface area (Å²) >= 11 is 0. The molecule has 2 aliphatic rings. The van der Waals surface area contributed by atoms with E-state index in [1.807, 2.05) is 4.90 Å². The van der Waals surface area contributed by atoms with Gasteiger partial charge in [-0.3, -0.25) is 0 Å². The molecule has 1 aliphatic carbocycles. The van der Waals surface area contributed by atoms with E-state index in [0.29, 0.717) is 18.9 Å². The number of amides is 2. The van der Waals surface area contributed by atoms with E-state index in [1.54, 1.807) is 30.3 Å². The molecular formula is C23H27FN2O4. The standard InChI is InChI=1S/C23H27FN2O4/c1-29-21-13-15(4-11-19(21)27)14-26(18-9-10-18)23(28)25-22(20-3-2-12-30-20)16-5-7-17(24)8-6-16/h4-8,11,13,18,20,22,27H,2-3,9-10,12,14H2,1H3,(H,25,28). The van der Waals surface area contributed by atoms with Gasteiger partial charge in [0.15, 0.2) is 11.5 Å². The Morgan fingerprint density at radius 3 is 2.67 bits per heavy atom. The number of urea groups is 1. The number of aromatic hydroxyl groups is 1. The van der Waals surface area contributed by atoms with Crippen molar-refractivity contribution >= 4 is 6.03 Å². The minimum absolute atomic E-state index is 0.0680. The molecular weight excluding hydrogens is 387 g/mol. The number of methoxy groups -OCH3 is 1. The molecule has 4 rings (SSSR count). The molecule has 1 saturated heterocycles. The predicted octanol–water partition coefficient (Wildman–Crippen LogP) is 4.13. The maximum absolute atomic E-state index is 13.4. The fraction of sp³-hybridized carbons (Fsp3) is 0.435. The van der Waals surface area contributed by atoms with Gasteiger partial charge in [-0.2, -0.15) is 0 Å². The van der Waals surface area contributed by atoms with Crippen molar-refractivity contribution in [1.82, 2.24) is 10.2 Å². The maximum Gasteiger partial charge on any atom is 0.318 e. The zero-order valence-electron chi connectivity index (χ0n) is 17.0. The van der Waals surface area contributed by atoms with E-state index in [0.717, 1.165) is 36.8 Å². The Labute approximate surface area is 175 Å². The van der Waals surface area contributed by atoms with Crippen molar-refractivity contribution < 1.29 is 23.8 Å². The van der Waals surface area contributed by atoms with Gasteiger partial charge in [-0.05, 0) is 61.1 Å². The minimum atomic E-state index is -0.337. The number of carbonyl (C=O) groups excluding carboxylic acids is 1. The molecule has 6 nitrogen and oxygen atoms in total. The lowest BCUT2D eigenvalue weighted by Gasteiger charge is -2.29. The SMILES string of the molecule is COc1cc(CN(C(=O)NC(c2ccc(F)cc2)C2CCCO2)C2CC2)ccc1O. The van der Waals surface area contributed by atoms with E-state index in [9.17, 15) is 14.3 Å². The van der Waals surface area contributed by atoms with Gasteiger partial charge in [0.05, 0.1) is 19.3 Å². The quantitative estimate of drug-likeness (QED) is 0.715. The highest BCUT2D eigenvalue weighted by atomic mass is 19.1. The Morgan fingerprint density at radius 2 is 2.03 bits per heavy atom. The largest absolute Gasteiger partial charge is 0.504 e. The average Bonchev–Trinajstić information content (AvgIpc) is 3.45. The zero-order chi connectivity index (χ0) is 21.1. The van der Waals surface area contributed by atoms with Crippen LogP contribution in [0.25, 0.3) is 0 Å². The lowest BCUT2D eigenvalue weighted by molar-refractivity contribution is 0.0774. The van der Waals surface area contributed by atoms with Crippen molar-refractivity contribution in [2.45, 2.75) is 50.4 Å².